The maximum atomic E-state index is 13.3. The molecule has 0 amide bonds. The predicted octanol–water partition coefficient (Wildman–Crippen LogP) is 5.63. The van der Waals surface area contributed by atoms with Crippen molar-refractivity contribution in [2.45, 2.75) is 25.3 Å². The summed E-state index contributed by atoms with van der Waals surface area (Å²) in [6.45, 7) is 4.16. The molecule has 1 saturated heterocycles. The van der Waals surface area contributed by atoms with Crippen LogP contribution in [0.15, 0.2) is 53.6 Å². The van der Waals surface area contributed by atoms with E-state index in [4.69, 9.17) is 27.9 Å². The number of aromatic nitrogens is 3. The Labute approximate surface area is 242 Å². The lowest BCUT2D eigenvalue weighted by molar-refractivity contribution is 0.137. The first-order valence-corrected chi connectivity index (χ1v) is 13.5. The third kappa shape index (κ3) is 5.06. The second-order valence-electron chi connectivity index (χ2n) is 10.2. The number of hydrogen-bond donors (Lipinski definition) is 1. The molecule has 2 aromatic carbocycles. The smallest absolute Gasteiger partial charge is 0.266 e. The largest absolute Gasteiger partial charge is 0.495 e. The average Bonchev–Trinajstić information content (AvgIpc) is 2.94. The van der Waals surface area contributed by atoms with Crippen molar-refractivity contribution in [3.8, 4) is 17.5 Å². The van der Waals surface area contributed by atoms with Crippen LogP contribution in [0.3, 0.4) is 0 Å². The number of nitrogens with zero attached hydrogens (tertiary/aromatic N) is 6. The molecule has 0 bridgehead atoms. The normalized spacial score (nSPS) is 14.8. The highest BCUT2D eigenvalue weighted by molar-refractivity contribution is 6.37. The molecule has 2 aromatic heterocycles. The van der Waals surface area contributed by atoms with Crippen LogP contribution in [-0.4, -0.2) is 59.3 Å². The van der Waals surface area contributed by atoms with Crippen molar-refractivity contribution in [2.75, 3.05) is 44.5 Å². The van der Waals surface area contributed by atoms with E-state index in [-0.39, 0.29) is 38.0 Å². The second-order valence-corrected chi connectivity index (χ2v) is 11.1. The molecule has 1 aliphatic rings. The molecule has 4 aromatic rings. The molecule has 3 heterocycles. The van der Waals surface area contributed by atoms with Crippen molar-refractivity contribution in [2.24, 2.45) is 0 Å². The number of nitriles is 1. The van der Waals surface area contributed by atoms with E-state index < -0.39 is 5.56 Å². The van der Waals surface area contributed by atoms with Crippen LogP contribution in [-0.2, 0) is 0 Å². The van der Waals surface area contributed by atoms with Crippen molar-refractivity contribution < 1.29 is 4.74 Å². The number of rotatable bonds is 6. The standard InChI is InChI=1S/C29H29Cl2N7O2/c1-29(36(2)3)10-12-37(13-11-29)23-9-8-19(14-24(23)40-4)34-28-33-16-20-25(35-28)18(15-32)17-38(27(20)39)26-21(30)6-5-7-22(26)31/h5-9,14,16-17H,10-13H2,1-4H3,(H,33,34,35). The Hall–Kier alpha value is -3.84. The van der Waals surface area contributed by atoms with Crippen LogP contribution in [0.25, 0.3) is 16.6 Å². The van der Waals surface area contributed by atoms with Crippen molar-refractivity contribution in [1.29, 1.82) is 5.26 Å². The van der Waals surface area contributed by atoms with Crippen LogP contribution < -0.4 is 20.5 Å². The predicted molar refractivity (Wildman–Crippen MR) is 160 cm³/mol. The lowest BCUT2D eigenvalue weighted by Gasteiger charge is -2.44. The summed E-state index contributed by atoms with van der Waals surface area (Å²) < 4.78 is 6.99. The molecule has 0 aliphatic carbocycles. The Balaban J connectivity index is 1.45. The van der Waals surface area contributed by atoms with Gasteiger partial charge in [-0.1, -0.05) is 29.3 Å². The summed E-state index contributed by atoms with van der Waals surface area (Å²) in [5.41, 5.74) is 2.19. The van der Waals surface area contributed by atoms with Gasteiger partial charge in [-0.25, -0.2) is 9.97 Å². The van der Waals surface area contributed by atoms with E-state index in [2.05, 4.69) is 52.2 Å². The highest BCUT2D eigenvalue weighted by Gasteiger charge is 2.32. The number of halogens is 2. The first-order valence-electron chi connectivity index (χ1n) is 12.8. The zero-order chi connectivity index (χ0) is 28.6. The summed E-state index contributed by atoms with van der Waals surface area (Å²) in [6.07, 6.45) is 4.90. The number of piperidine rings is 1. The molecule has 1 N–H and O–H groups in total. The van der Waals surface area contributed by atoms with Crippen molar-refractivity contribution in [3.05, 3.63) is 74.8 Å². The molecule has 40 heavy (non-hydrogen) atoms. The Bertz CT molecular complexity index is 1670. The number of pyridine rings is 1. The molecule has 9 nitrogen and oxygen atoms in total. The van der Waals surface area contributed by atoms with E-state index >= 15 is 0 Å². The quantitative estimate of drug-likeness (QED) is 0.314. The van der Waals surface area contributed by atoms with Gasteiger partial charge < -0.3 is 19.9 Å². The number of fused-ring (bicyclic) bond motifs is 1. The average molecular weight is 579 g/mol. The topological polar surface area (TPSA) is 99.3 Å². The van der Waals surface area contributed by atoms with Gasteiger partial charge in [-0.15, -0.1) is 0 Å². The molecule has 0 radical (unpaired) electrons. The van der Waals surface area contributed by atoms with Gasteiger partial charge in [0, 0.05) is 42.8 Å². The number of benzene rings is 2. The van der Waals surface area contributed by atoms with Crippen molar-refractivity contribution >= 4 is 51.4 Å². The first-order chi connectivity index (χ1) is 19.1. The molecule has 0 unspecified atom stereocenters. The number of anilines is 3. The van der Waals surface area contributed by atoms with Gasteiger partial charge in [0.2, 0.25) is 5.95 Å². The van der Waals surface area contributed by atoms with Crippen LogP contribution in [0.4, 0.5) is 17.3 Å². The van der Waals surface area contributed by atoms with Crippen LogP contribution in [0, 0.1) is 11.3 Å². The van der Waals surface area contributed by atoms with Gasteiger partial charge in [0.15, 0.2) is 0 Å². The van der Waals surface area contributed by atoms with Gasteiger partial charge >= 0.3 is 0 Å². The monoisotopic (exact) mass is 577 g/mol. The fraction of sp³-hybridized carbons (Fsp3) is 0.310. The molecule has 1 fully saturated rings. The van der Waals surface area contributed by atoms with E-state index in [0.717, 1.165) is 37.4 Å². The number of ether oxygens (including phenoxy) is 1. The Kier molecular flexibility index (Phi) is 7.60. The first kappa shape index (κ1) is 27.7. The molecular formula is C29H29Cl2N7O2. The molecule has 5 rings (SSSR count). The number of hydrogen-bond acceptors (Lipinski definition) is 8. The van der Waals surface area contributed by atoms with E-state index in [1.54, 1.807) is 25.3 Å². The maximum absolute atomic E-state index is 13.3. The molecular weight excluding hydrogens is 549 g/mol. The van der Waals surface area contributed by atoms with Crippen LogP contribution in [0.5, 0.6) is 5.75 Å². The summed E-state index contributed by atoms with van der Waals surface area (Å²) in [7, 11) is 5.92. The summed E-state index contributed by atoms with van der Waals surface area (Å²) >= 11 is 12.7. The van der Waals surface area contributed by atoms with Gasteiger partial charge in [0.1, 0.15) is 17.3 Å². The summed E-state index contributed by atoms with van der Waals surface area (Å²) in [5.74, 6) is 0.975. The minimum absolute atomic E-state index is 0.170. The second kappa shape index (κ2) is 11.0. The lowest BCUT2D eigenvalue weighted by Crippen LogP contribution is -2.50. The van der Waals surface area contributed by atoms with Gasteiger partial charge in [-0.2, -0.15) is 5.26 Å². The third-order valence-corrected chi connectivity index (χ3v) is 8.36. The molecule has 1 aliphatic heterocycles. The van der Waals surface area contributed by atoms with Crippen LogP contribution in [0.2, 0.25) is 10.0 Å². The third-order valence-electron chi connectivity index (χ3n) is 7.75. The van der Waals surface area contributed by atoms with Crippen LogP contribution in [0.1, 0.15) is 25.3 Å². The zero-order valence-corrected chi connectivity index (χ0v) is 24.2. The minimum atomic E-state index is -0.437. The minimum Gasteiger partial charge on any atom is -0.495 e. The highest BCUT2D eigenvalue weighted by Crippen LogP contribution is 2.36. The Morgan fingerprint density at radius 1 is 1.15 bits per heavy atom. The fourth-order valence-electron chi connectivity index (χ4n) is 4.97. The van der Waals surface area contributed by atoms with Crippen LogP contribution >= 0.6 is 23.2 Å². The summed E-state index contributed by atoms with van der Waals surface area (Å²) in [6, 6.07) is 12.9. The molecule has 206 valence electrons. The van der Waals surface area contributed by atoms with Gasteiger partial charge in [-0.05, 0) is 58.1 Å². The highest BCUT2D eigenvalue weighted by atomic mass is 35.5. The number of nitrogens with one attached hydrogen (secondary N) is 1. The van der Waals surface area contributed by atoms with E-state index in [1.807, 2.05) is 18.2 Å². The number of para-hydroxylation sites is 1. The van der Waals surface area contributed by atoms with E-state index in [1.165, 1.54) is 17.0 Å². The zero-order valence-electron chi connectivity index (χ0n) is 22.7. The summed E-state index contributed by atoms with van der Waals surface area (Å²) in [5, 5.41) is 13.8. The lowest BCUT2D eigenvalue weighted by atomic mass is 9.88. The van der Waals surface area contributed by atoms with Crippen molar-refractivity contribution in [1.82, 2.24) is 19.4 Å². The maximum Gasteiger partial charge on any atom is 0.266 e. The van der Waals surface area contributed by atoms with Gasteiger partial charge in [-0.3, -0.25) is 9.36 Å². The summed E-state index contributed by atoms with van der Waals surface area (Å²) in [4.78, 5) is 26.8. The molecule has 0 spiro atoms. The van der Waals surface area contributed by atoms with Gasteiger partial charge in [0.05, 0.1) is 39.5 Å². The van der Waals surface area contributed by atoms with Crippen molar-refractivity contribution in [3.63, 3.8) is 0 Å². The number of methoxy groups -OCH3 is 1. The molecule has 11 heteroatoms. The van der Waals surface area contributed by atoms with E-state index in [9.17, 15) is 10.1 Å². The molecule has 0 atom stereocenters. The van der Waals surface area contributed by atoms with Gasteiger partial charge in [0.25, 0.3) is 5.56 Å². The Morgan fingerprint density at radius 2 is 1.85 bits per heavy atom. The molecule has 0 saturated carbocycles. The fourth-order valence-corrected chi connectivity index (χ4v) is 5.55. The van der Waals surface area contributed by atoms with E-state index in [0.29, 0.717) is 11.4 Å². The Morgan fingerprint density at radius 3 is 2.48 bits per heavy atom. The SMILES string of the molecule is COc1cc(Nc2ncc3c(=O)n(-c4c(Cl)cccc4Cl)cc(C#N)c3n2)ccc1N1CCC(C)(N(C)C)CC1.